The molecule has 2 aromatic rings. The Morgan fingerprint density at radius 2 is 2.10 bits per heavy atom. The number of carbonyl (C=O) groups is 1. The number of benzene rings is 1. The highest BCUT2D eigenvalue weighted by Crippen LogP contribution is 2.24. The van der Waals surface area contributed by atoms with Crippen LogP contribution in [0.25, 0.3) is 17.4 Å². The van der Waals surface area contributed by atoms with Gasteiger partial charge in [0.15, 0.2) is 5.11 Å². The molecule has 0 spiro atoms. The van der Waals surface area contributed by atoms with Gasteiger partial charge in [-0.3, -0.25) is 10.1 Å². The van der Waals surface area contributed by atoms with E-state index in [4.69, 9.17) is 21.7 Å². The quantitative estimate of drug-likeness (QED) is 0.595. The fourth-order valence-corrected chi connectivity index (χ4v) is 2.24. The van der Waals surface area contributed by atoms with Crippen LogP contribution in [-0.4, -0.2) is 16.1 Å². The fraction of sp³-hybridized carbons (Fsp3) is 0.0667. The summed E-state index contributed by atoms with van der Waals surface area (Å²) < 4.78 is 5.69. The van der Waals surface area contributed by atoms with E-state index in [1.807, 2.05) is 30.3 Å². The van der Waals surface area contributed by atoms with Gasteiger partial charge < -0.3 is 14.8 Å². The summed E-state index contributed by atoms with van der Waals surface area (Å²) in [4.78, 5) is 11.6. The van der Waals surface area contributed by atoms with Crippen LogP contribution < -0.4 is 10.6 Å². The molecule has 6 heteroatoms. The zero-order valence-corrected chi connectivity index (χ0v) is 11.7. The molecule has 0 bridgehead atoms. The number of hydrogen-bond acceptors (Lipinski definition) is 4. The molecular formula is C15H12N2O3S. The highest BCUT2D eigenvalue weighted by molar-refractivity contribution is 7.80. The van der Waals surface area contributed by atoms with Gasteiger partial charge in [0, 0.05) is 11.6 Å². The lowest BCUT2D eigenvalue weighted by molar-refractivity contribution is -0.115. The Bertz CT molecular complexity index is 749. The summed E-state index contributed by atoms with van der Waals surface area (Å²) in [6.45, 7) is -0.0208. The van der Waals surface area contributed by atoms with E-state index in [-0.39, 0.29) is 17.6 Å². The Morgan fingerprint density at radius 3 is 2.81 bits per heavy atom. The summed E-state index contributed by atoms with van der Waals surface area (Å²) in [5.74, 6) is 0.931. The summed E-state index contributed by atoms with van der Waals surface area (Å²) in [6, 6.07) is 11.0. The molecule has 3 N–H and O–H groups in total. The number of rotatable bonds is 3. The Morgan fingerprint density at radius 1 is 1.24 bits per heavy atom. The number of furan rings is 1. The molecule has 21 heavy (non-hydrogen) atoms. The van der Waals surface area contributed by atoms with Crippen LogP contribution in [0.4, 0.5) is 0 Å². The molecule has 1 aliphatic heterocycles. The first-order valence-electron chi connectivity index (χ1n) is 6.30. The largest absolute Gasteiger partial charge is 0.457 e. The van der Waals surface area contributed by atoms with Crippen molar-refractivity contribution in [3.8, 4) is 11.3 Å². The normalized spacial score (nSPS) is 16.1. The molecule has 5 nitrogen and oxygen atoms in total. The van der Waals surface area contributed by atoms with E-state index in [2.05, 4.69) is 10.6 Å². The van der Waals surface area contributed by atoms with E-state index in [1.165, 1.54) is 0 Å². The average Bonchev–Trinajstić information content (AvgIpc) is 3.06. The van der Waals surface area contributed by atoms with E-state index in [0.29, 0.717) is 17.2 Å². The molecule has 0 unspecified atom stereocenters. The zero-order chi connectivity index (χ0) is 14.8. The zero-order valence-electron chi connectivity index (χ0n) is 10.9. The van der Waals surface area contributed by atoms with Crippen molar-refractivity contribution in [3.63, 3.8) is 0 Å². The Hall–Kier alpha value is -2.44. The molecule has 1 fully saturated rings. The number of nitrogens with one attached hydrogen (secondary N) is 2. The number of aliphatic hydroxyl groups excluding tert-OH is 1. The predicted molar refractivity (Wildman–Crippen MR) is 81.9 cm³/mol. The van der Waals surface area contributed by atoms with Crippen molar-refractivity contribution >= 4 is 29.3 Å². The molecule has 106 valence electrons. The molecule has 1 aromatic carbocycles. The van der Waals surface area contributed by atoms with Crippen molar-refractivity contribution in [2.45, 2.75) is 6.61 Å². The van der Waals surface area contributed by atoms with Gasteiger partial charge in [0.2, 0.25) is 0 Å². The molecule has 0 atom stereocenters. The first-order valence-corrected chi connectivity index (χ1v) is 6.70. The summed E-state index contributed by atoms with van der Waals surface area (Å²) in [6.07, 6.45) is 1.59. The van der Waals surface area contributed by atoms with E-state index in [1.54, 1.807) is 12.1 Å². The first-order chi connectivity index (χ1) is 10.2. The van der Waals surface area contributed by atoms with Crippen LogP contribution in [0.3, 0.4) is 0 Å². The van der Waals surface area contributed by atoms with Crippen LogP contribution in [-0.2, 0) is 11.4 Å². The molecule has 2 heterocycles. The maximum Gasteiger partial charge on any atom is 0.274 e. The van der Waals surface area contributed by atoms with Crippen molar-refractivity contribution in [2.75, 3.05) is 0 Å². The van der Waals surface area contributed by atoms with Crippen LogP contribution in [0, 0.1) is 0 Å². The molecule has 1 aromatic heterocycles. The summed E-state index contributed by atoms with van der Waals surface area (Å²) in [5.41, 5.74) is 2.03. The monoisotopic (exact) mass is 300 g/mol. The van der Waals surface area contributed by atoms with Gasteiger partial charge in [-0.05, 0) is 36.0 Å². The number of amides is 1. The summed E-state index contributed by atoms with van der Waals surface area (Å²) in [5, 5.41) is 14.7. The van der Waals surface area contributed by atoms with Crippen molar-refractivity contribution in [1.29, 1.82) is 0 Å². The Kier molecular flexibility index (Phi) is 3.55. The van der Waals surface area contributed by atoms with Crippen molar-refractivity contribution < 1.29 is 14.3 Å². The third kappa shape index (κ3) is 2.86. The summed E-state index contributed by atoms with van der Waals surface area (Å²) in [7, 11) is 0. The average molecular weight is 300 g/mol. The molecule has 0 saturated carbocycles. The van der Waals surface area contributed by atoms with Crippen LogP contribution in [0.1, 0.15) is 11.3 Å². The first kappa shape index (κ1) is 13.5. The van der Waals surface area contributed by atoms with E-state index in [9.17, 15) is 4.79 Å². The van der Waals surface area contributed by atoms with Crippen molar-refractivity contribution in [3.05, 3.63) is 53.4 Å². The minimum absolute atomic E-state index is 0.0208. The second-order valence-corrected chi connectivity index (χ2v) is 4.94. The SMILES string of the molecule is O=C1NC(=S)NC1=Cc1ccc(-c2cccc(CO)c2)o1. The molecule has 1 amide bonds. The van der Waals surface area contributed by atoms with Crippen LogP contribution in [0.15, 0.2) is 46.5 Å². The number of hydrogen-bond donors (Lipinski definition) is 3. The molecule has 3 rings (SSSR count). The highest BCUT2D eigenvalue weighted by atomic mass is 32.1. The van der Waals surface area contributed by atoms with Crippen LogP contribution >= 0.6 is 12.2 Å². The number of carbonyl (C=O) groups excluding carboxylic acids is 1. The molecule has 1 saturated heterocycles. The van der Waals surface area contributed by atoms with E-state index in [0.717, 1.165) is 11.1 Å². The third-order valence-corrected chi connectivity index (χ3v) is 3.23. The minimum atomic E-state index is -0.278. The smallest absolute Gasteiger partial charge is 0.274 e. The van der Waals surface area contributed by atoms with Crippen LogP contribution in [0.2, 0.25) is 0 Å². The van der Waals surface area contributed by atoms with E-state index < -0.39 is 0 Å². The molecular weight excluding hydrogens is 288 g/mol. The van der Waals surface area contributed by atoms with Gasteiger partial charge in [-0.25, -0.2) is 0 Å². The van der Waals surface area contributed by atoms with Gasteiger partial charge in [-0.15, -0.1) is 0 Å². The van der Waals surface area contributed by atoms with E-state index >= 15 is 0 Å². The fourth-order valence-electron chi connectivity index (χ4n) is 2.03. The lowest BCUT2D eigenvalue weighted by atomic mass is 10.1. The maximum atomic E-state index is 11.6. The second kappa shape index (κ2) is 5.51. The predicted octanol–water partition coefficient (Wildman–Crippen LogP) is 1.78. The lowest BCUT2D eigenvalue weighted by Crippen LogP contribution is -2.21. The second-order valence-electron chi connectivity index (χ2n) is 4.53. The van der Waals surface area contributed by atoms with Gasteiger partial charge >= 0.3 is 0 Å². The summed E-state index contributed by atoms with van der Waals surface area (Å²) >= 11 is 4.86. The standard InChI is InChI=1S/C15H12N2O3S/c18-8-9-2-1-3-10(6-9)13-5-4-11(20-13)7-12-14(19)17-15(21)16-12/h1-7,18H,8H2,(H2,16,17,19,21). The maximum absolute atomic E-state index is 11.6. The molecule has 1 aliphatic rings. The highest BCUT2D eigenvalue weighted by Gasteiger charge is 2.20. The Balaban J connectivity index is 1.88. The Labute approximate surface area is 126 Å². The molecule has 0 radical (unpaired) electrons. The third-order valence-electron chi connectivity index (χ3n) is 3.03. The van der Waals surface area contributed by atoms with Crippen molar-refractivity contribution in [1.82, 2.24) is 10.6 Å². The van der Waals surface area contributed by atoms with Crippen LogP contribution in [0.5, 0.6) is 0 Å². The van der Waals surface area contributed by atoms with Crippen molar-refractivity contribution in [2.24, 2.45) is 0 Å². The topological polar surface area (TPSA) is 74.5 Å². The minimum Gasteiger partial charge on any atom is -0.457 e. The van der Waals surface area contributed by atoms with Gasteiger partial charge in [-0.2, -0.15) is 0 Å². The number of thiocarbonyl (C=S) groups is 1. The van der Waals surface area contributed by atoms with Gasteiger partial charge in [-0.1, -0.05) is 18.2 Å². The van der Waals surface area contributed by atoms with Gasteiger partial charge in [0.05, 0.1) is 6.61 Å². The lowest BCUT2D eigenvalue weighted by Gasteiger charge is -2.00. The molecule has 0 aliphatic carbocycles. The van der Waals surface area contributed by atoms with Gasteiger partial charge in [0.25, 0.3) is 5.91 Å². The number of aliphatic hydroxyl groups is 1. The van der Waals surface area contributed by atoms with Gasteiger partial charge in [0.1, 0.15) is 17.2 Å².